The number of hydrogen-bond donors (Lipinski definition) is 0. The van der Waals surface area contributed by atoms with Gasteiger partial charge in [0.05, 0.1) is 13.0 Å². The smallest absolute Gasteiger partial charge is 0.211 e. The third kappa shape index (κ3) is 4.22. The zero-order chi connectivity index (χ0) is 12.8. The van der Waals surface area contributed by atoms with Crippen molar-refractivity contribution in [2.75, 3.05) is 13.7 Å². The summed E-state index contributed by atoms with van der Waals surface area (Å²) >= 11 is 0. The number of rotatable bonds is 6. The van der Waals surface area contributed by atoms with Gasteiger partial charge >= 0.3 is 0 Å². The standard InChI is InChI=1S/C12H15NO4/c1-9(14)7-11(8-13(15)16)10-3-5-12(17-2)6-4-10/h3-6,11H,7-8H2,1-2H3. The quantitative estimate of drug-likeness (QED) is 0.560. The highest BCUT2D eigenvalue weighted by molar-refractivity contribution is 5.76. The molecule has 0 aliphatic carbocycles. The Balaban J connectivity index is 2.86. The van der Waals surface area contributed by atoms with Gasteiger partial charge in [0.25, 0.3) is 0 Å². The first-order chi connectivity index (χ1) is 8.02. The zero-order valence-corrected chi connectivity index (χ0v) is 9.88. The van der Waals surface area contributed by atoms with E-state index in [0.717, 1.165) is 5.56 Å². The fourth-order valence-corrected chi connectivity index (χ4v) is 1.69. The first-order valence-corrected chi connectivity index (χ1v) is 5.28. The molecule has 0 N–H and O–H groups in total. The van der Waals surface area contributed by atoms with Crippen LogP contribution < -0.4 is 4.74 Å². The molecule has 0 aliphatic rings. The van der Waals surface area contributed by atoms with Gasteiger partial charge < -0.3 is 9.53 Å². The van der Waals surface area contributed by atoms with E-state index < -0.39 is 4.92 Å². The zero-order valence-electron chi connectivity index (χ0n) is 9.88. The van der Waals surface area contributed by atoms with Crippen molar-refractivity contribution in [3.8, 4) is 5.75 Å². The van der Waals surface area contributed by atoms with Crippen LogP contribution in [-0.4, -0.2) is 24.4 Å². The van der Waals surface area contributed by atoms with Crippen LogP contribution in [0.1, 0.15) is 24.8 Å². The molecule has 0 saturated carbocycles. The average molecular weight is 237 g/mol. The molecule has 1 aromatic rings. The second-order valence-corrected chi connectivity index (χ2v) is 3.89. The van der Waals surface area contributed by atoms with E-state index in [-0.39, 0.29) is 24.7 Å². The number of ketones is 1. The van der Waals surface area contributed by atoms with Gasteiger partial charge in [-0.3, -0.25) is 10.1 Å². The number of ether oxygens (including phenoxy) is 1. The first-order valence-electron chi connectivity index (χ1n) is 5.28. The van der Waals surface area contributed by atoms with Gasteiger partial charge in [0.15, 0.2) is 0 Å². The predicted octanol–water partition coefficient (Wildman–Crippen LogP) is 2.03. The van der Waals surface area contributed by atoms with Crippen molar-refractivity contribution in [1.29, 1.82) is 0 Å². The number of carbonyl (C=O) groups is 1. The topological polar surface area (TPSA) is 69.4 Å². The van der Waals surface area contributed by atoms with Crippen molar-refractivity contribution in [2.45, 2.75) is 19.3 Å². The van der Waals surface area contributed by atoms with Crippen LogP contribution in [0.4, 0.5) is 0 Å². The fraction of sp³-hybridized carbons (Fsp3) is 0.417. The maximum absolute atomic E-state index is 11.1. The Morgan fingerprint density at radius 2 is 2.00 bits per heavy atom. The molecule has 5 nitrogen and oxygen atoms in total. The molecule has 0 spiro atoms. The van der Waals surface area contributed by atoms with Crippen LogP contribution in [0.15, 0.2) is 24.3 Å². The summed E-state index contributed by atoms with van der Waals surface area (Å²) < 4.78 is 5.01. The van der Waals surface area contributed by atoms with Crippen molar-refractivity contribution >= 4 is 5.78 Å². The van der Waals surface area contributed by atoms with Gasteiger partial charge in [-0.05, 0) is 24.6 Å². The van der Waals surface area contributed by atoms with Crippen molar-refractivity contribution < 1.29 is 14.5 Å². The normalized spacial score (nSPS) is 11.9. The summed E-state index contributed by atoms with van der Waals surface area (Å²) in [6, 6.07) is 7.00. The lowest BCUT2D eigenvalue weighted by atomic mass is 9.94. The lowest BCUT2D eigenvalue weighted by molar-refractivity contribution is -0.483. The second kappa shape index (κ2) is 5.98. The highest BCUT2D eigenvalue weighted by Crippen LogP contribution is 2.22. The first kappa shape index (κ1) is 13.2. The van der Waals surface area contributed by atoms with E-state index in [0.29, 0.717) is 5.75 Å². The van der Waals surface area contributed by atoms with Gasteiger partial charge in [0, 0.05) is 11.3 Å². The molecular weight excluding hydrogens is 222 g/mol. The summed E-state index contributed by atoms with van der Waals surface area (Å²) in [7, 11) is 1.55. The minimum atomic E-state index is -0.391. The van der Waals surface area contributed by atoms with Crippen LogP contribution in [0, 0.1) is 10.1 Å². The minimum absolute atomic E-state index is 0.0485. The molecule has 1 rings (SSSR count). The van der Waals surface area contributed by atoms with E-state index >= 15 is 0 Å². The Morgan fingerprint density at radius 3 is 2.41 bits per heavy atom. The highest BCUT2D eigenvalue weighted by Gasteiger charge is 2.19. The summed E-state index contributed by atoms with van der Waals surface area (Å²) in [6.45, 7) is 1.21. The second-order valence-electron chi connectivity index (χ2n) is 3.89. The molecule has 0 saturated heterocycles. The molecule has 0 radical (unpaired) electrons. The van der Waals surface area contributed by atoms with Crippen LogP contribution in [0.5, 0.6) is 5.75 Å². The Kier molecular flexibility index (Phi) is 4.63. The number of methoxy groups -OCH3 is 1. The van der Waals surface area contributed by atoms with Crippen LogP contribution >= 0.6 is 0 Å². The third-order valence-electron chi connectivity index (χ3n) is 2.49. The molecule has 5 heteroatoms. The molecule has 0 aliphatic heterocycles. The molecule has 0 heterocycles. The van der Waals surface area contributed by atoms with E-state index in [2.05, 4.69) is 0 Å². The molecule has 0 aromatic heterocycles. The minimum Gasteiger partial charge on any atom is -0.497 e. The summed E-state index contributed by atoms with van der Waals surface area (Å²) in [6.07, 6.45) is 0.188. The monoisotopic (exact) mass is 237 g/mol. The Hall–Kier alpha value is -1.91. The maximum atomic E-state index is 11.1. The van der Waals surface area contributed by atoms with Gasteiger partial charge in [0.2, 0.25) is 6.54 Å². The average Bonchev–Trinajstić information content (AvgIpc) is 2.27. The molecular formula is C12H15NO4. The number of carbonyl (C=O) groups excluding carboxylic acids is 1. The predicted molar refractivity (Wildman–Crippen MR) is 62.9 cm³/mol. The largest absolute Gasteiger partial charge is 0.497 e. The van der Waals surface area contributed by atoms with E-state index in [1.807, 2.05) is 0 Å². The van der Waals surface area contributed by atoms with Crippen molar-refractivity contribution in [1.82, 2.24) is 0 Å². The molecule has 92 valence electrons. The SMILES string of the molecule is COc1ccc(C(CC(C)=O)C[N+](=O)[O-])cc1. The third-order valence-corrected chi connectivity index (χ3v) is 2.49. The van der Waals surface area contributed by atoms with Gasteiger partial charge in [-0.1, -0.05) is 12.1 Å². The summed E-state index contributed by atoms with van der Waals surface area (Å²) in [4.78, 5) is 21.3. The lowest BCUT2D eigenvalue weighted by Gasteiger charge is -2.11. The summed E-state index contributed by atoms with van der Waals surface area (Å²) in [5.74, 6) is 0.275. The maximum Gasteiger partial charge on any atom is 0.211 e. The fourth-order valence-electron chi connectivity index (χ4n) is 1.69. The molecule has 0 amide bonds. The van der Waals surface area contributed by atoms with Crippen LogP contribution in [0.2, 0.25) is 0 Å². The Morgan fingerprint density at radius 1 is 1.41 bits per heavy atom. The van der Waals surface area contributed by atoms with E-state index in [4.69, 9.17) is 4.74 Å². The lowest BCUT2D eigenvalue weighted by Crippen LogP contribution is -2.15. The summed E-state index contributed by atoms with van der Waals surface area (Å²) in [5, 5.41) is 10.6. The van der Waals surface area contributed by atoms with Crippen molar-refractivity contribution in [2.24, 2.45) is 0 Å². The number of nitrogens with zero attached hydrogens (tertiary/aromatic N) is 1. The van der Waals surface area contributed by atoms with Crippen LogP contribution in [0.25, 0.3) is 0 Å². The molecule has 17 heavy (non-hydrogen) atoms. The highest BCUT2D eigenvalue weighted by atomic mass is 16.6. The van der Waals surface area contributed by atoms with Crippen molar-refractivity contribution in [3.63, 3.8) is 0 Å². The van der Waals surface area contributed by atoms with E-state index in [1.54, 1.807) is 31.4 Å². The number of hydrogen-bond acceptors (Lipinski definition) is 4. The molecule has 0 fully saturated rings. The molecule has 0 bridgehead atoms. The number of nitro groups is 1. The summed E-state index contributed by atoms with van der Waals surface area (Å²) in [5.41, 5.74) is 0.790. The van der Waals surface area contributed by atoms with Crippen LogP contribution in [0.3, 0.4) is 0 Å². The molecule has 1 atom stereocenters. The Bertz CT molecular complexity index is 383. The van der Waals surface area contributed by atoms with Crippen LogP contribution in [-0.2, 0) is 4.79 Å². The van der Waals surface area contributed by atoms with Gasteiger partial charge in [0.1, 0.15) is 11.5 Å². The van der Waals surface area contributed by atoms with Gasteiger partial charge in [-0.2, -0.15) is 0 Å². The van der Waals surface area contributed by atoms with E-state index in [9.17, 15) is 14.9 Å². The Labute approximate surface area is 99.5 Å². The van der Waals surface area contributed by atoms with E-state index in [1.165, 1.54) is 6.92 Å². The molecule has 1 aromatic carbocycles. The van der Waals surface area contributed by atoms with Crippen molar-refractivity contribution in [3.05, 3.63) is 39.9 Å². The van der Waals surface area contributed by atoms with Gasteiger partial charge in [-0.15, -0.1) is 0 Å². The number of Topliss-reactive ketones (excluding diaryl/α,β-unsaturated/α-hetero) is 1. The number of benzene rings is 1. The molecule has 1 unspecified atom stereocenters. The van der Waals surface area contributed by atoms with Gasteiger partial charge in [-0.25, -0.2) is 0 Å².